The van der Waals surface area contributed by atoms with Crippen LogP contribution in [-0.2, 0) is 0 Å². The van der Waals surface area contributed by atoms with Crippen LogP contribution in [0.1, 0.15) is 19.8 Å². The van der Waals surface area contributed by atoms with Crippen LogP contribution in [0.25, 0.3) is 0 Å². The van der Waals surface area contributed by atoms with Gasteiger partial charge in [-0.3, -0.25) is 0 Å². The van der Waals surface area contributed by atoms with Gasteiger partial charge in [0, 0.05) is 24.8 Å². The van der Waals surface area contributed by atoms with Gasteiger partial charge in [0.1, 0.15) is 18.5 Å². The number of ether oxygens (including phenoxy) is 2. The van der Waals surface area contributed by atoms with Crippen molar-refractivity contribution in [2.24, 2.45) is 0 Å². The Morgan fingerprint density at radius 1 is 1.47 bits per heavy atom. The van der Waals surface area contributed by atoms with E-state index in [1.54, 1.807) is 6.07 Å². The van der Waals surface area contributed by atoms with Crippen LogP contribution < -0.4 is 14.8 Å². The lowest BCUT2D eigenvalue weighted by Crippen LogP contribution is -2.42. The van der Waals surface area contributed by atoms with Gasteiger partial charge in [-0.25, -0.2) is 13.8 Å². The fourth-order valence-corrected chi connectivity index (χ4v) is 1.95. The molecule has 2 heterocycles. The van der Waals surface area contributed by atoms with Crippen LogP contribution in [0.2, 0.25) is 0 Å². The van der Waals surface area contributed by atoms with Crippen molar-refractivity contribution in [2.45, 2.75) is 38.3 Å². The Balaban J connectivity index is 1.88. The fourth-order valence-electron chi connectivity index (χ4n) is 1.95. The lowest BCUT2D eigenvalue weighted by molar-refractivity contribution is 0.0813. The molecule has 0 radical (unpaired) electrons. The summed E-state index contributed by atoms with van der Waals surface area (Å²) in [5.74, 6) is 0.760. The number of rotatable bonds is 5. The summed E-state index contributed by atoms with van der Waals surface area (Å²) in [6.07, 6.45) is 1.08. The van der Waals surface area contributed by atoms with E-state index >= 15 is 0 Å². The number of pyridine rings is 1. The average Bonchev–Trinajstić information content (AvgIpc) is 2.40. The van der Waals surface area contributed by atoms with Gasteiger partial charge in [-0.15, -0.1) is 0 Å². The summed E-state index contributed by atoms with van der Waals surface area (Å²) < 4.78 is 34.7. The Morgan fingerprint density at radius 2 is 2.32 bits per heavy atom. The van der Waals surface area contributed by atoms with Gasteiger partial charge in [0.05, 0.1) is 0 Å². The molecule has 1 aromatic rings. The number of alkyl halides is 2. The molecule has 4 nitrogen and oxygen atoms in total. The van der Waals surface area contributed by atoms with E-state index in [-0.39, 0.29) is 6.10 Å². The van der Waals surface area contributed by atoms with Crippen LogP contribution in [0, 0.1) is 0 Å². The first-order valence-electron chi connectivity index (χ1n) is 6.40. The van der Waals surface area contributed by atoms with E-state index < -0.39 is 13.0 Å². The van der Waals surface area contributed by atoms with E-state index in [1.807, 2.05) is 0 Å². The largest absolute Gasteiger partial charge is 0.487 e. The molecule has 1 N–H and O–H groups in total. The Labute approximate surface area is 111 Å². The van der Waals surface area contributed by atoms with Gasteiger partial charge in [-0.05, 0) is 25.8 Å². The molecule has 0 aromatic carbocycles. The number of aromatic nitrogens is 1. The van der Waals surface area contributed by atoms with Gasteiger partial charge in [-0.2, -0.15) is 0 Å². The zero-order valence-electron chi connectivity index (χ0n) is 10.8. The number of hydrogen-bond acceptors (Lipinski definition) is 4. The molecule has 1 saturated heterocycles. The van der Waals surface area contributed by atoms with Gasteiger partial charge < -0.3 is 14.8 Å². The van der Waals surface area contributed by atoms with Crippen molar-refractivity contribution in [3.05, 3.63) is 18.3 Å². The van der Waals surface area contributed by atoms with Gasteiger partial charge in [0.15, 0.2) is 0 Å². The van der Waals surface area contributed by atoms with Gasteiger partial charge >= 0.3 is 0 Å². The van der Waals surface area contributed by atoms with E-state index in [0.717, 1.165) is 19.4 Å². The highest BCUT2D eigenvalue weighted by atomic mass is 19.3. The topological polar surface area (TPSA) is 43.4 Å². The maximum Gasteiger partial charge on any atom is 0.272 e. The first-order chi connectivity index (χ1) is 9.13. The molecule has 0 saturated carbocycles. The third-order valence-electron chi connectivity index (χ3n) is 2.99. The van der Waals surface area contributed by atoms with E-state index in [2.05, 4.69) is 17.2 Å². The molecule has 6 heteroatoms. The number of piperidine rings is 1. The minimum Gasteiger partial charge on any atom is -0.487 e. The van der Waals surface area contributed by atoms with Crippen LogP contribution in [0.5, 0.6) is 11.6 Å². The van der Waals surface area contributed by atoms with Crippen LogP contribution >= 0.6 is 0 Å². The summed E-state index contributed by atoms with van der Waals surface area (Å²) in [4.78, 5) is 4.06. The molecule has 1 aromatic heterocycles. The smallest absolute Gasteiger partial charge is 0.272 e. The molecular formula is C13H18F2N2O2. The molecule has 2 unspecified atom stereocenters. The molecule has 0 bridgehead atoms. The summed E-state index contributed by atoms with van der Waals surface area (Å²) in [5, 5.41) is 3.32. The van der Waals surface area contributed by atoms with Crippen LogP contribution in [0.3, 0.4) is 0 Å². The van der Waals surface area contributed by atoms with E-state index in [9.17, 15) is 8.78 Å². The molecule has 2 atom stereocenters. The maximum atomic E-state index is 12.1. The van der Waals surface area contributed by atoms with Crippen molar-refractivity contribution < 1.29 is 18.3 Å². The lowest BCUT2D eigenvalue weighted by Gasteiger charge is -2.27. The molecule has 106 valence electrons. The minimum atomic E-state index is -2.48. The second kappa shape index (κ2) is 6.65. The zero-order valence-corrected chi connectivity index (χ0v) is 10.8. The second-order valence-corrected chi connectivity index (χ2v) is 4.66. The van der Waals surface area contributed by atoms with Gasteiger partial charge in [-0.1, -0.05) is 0 Å². The molecule has 2 rings (SSSR count). The molecular weight excluding hydrogens is 254 g/mol. The number of hydrogen-bond donors (Lipinski definition) is 1. The number of halogens is 2. The Morgan fingerprint density at radius 3 is 3.00 bits per heavy atom. The summed E-state index contributed by atoms with van der Waals surface area (Å²) in [6, 6.07) is 3.59. The summed E-state index contributed by atoms with van der Waals surface area (Å²) >= 11 is 0. The van der Waals surface area contributed by atoms with E-state index in [1.165, 1.54) is 12.3 Å². The first kappa shape index (κ1) is 14.0. The van der Waals surface area contributed by atoms with Crippen LogP contribution in [0.15, 0.2) is 18.3 Å². The highest BCUT2D eigenvalue weighted by Crippen LogP contribution is 2.20. The van der Waals surface area contributed by atoms with Crippen molar-refractivity contribution in [3.8, 4) is 11.6 Å². The number of nitrogens with zero attached hydrogens (tertiary/aromatic N) is 1. The predicted molar refractivity (Wildman–Crippen MR) is 66.9 cm³/mol. The third-order valence-corrected chi connectivity index (χ3v) is 2.99. The Kier molecular flexibility index (Phi) is 4.90. The van der Waals surface area contributed by atoms with Crippen LogP contribution in [-0.4, -0.2) is 36.7 Å². The molecule has 0 aliphatic carbocycles. The number of nitrogens with one attached hydrogen (secondary N) is 1. The highest BCUT2D eigenvalue weighted by Gasteiger charge is 2.19. The highest BCUT2D eigenvalue weighted by molar-refractivity contribution is 5.26. The second-order valence-electron chi connectivity index (χ2n) is 4.66. The predicted octanol–water partition coefficient (Wildman–Crippen LogP) is 2.24. The molecule has 1 aliphatic rings. The summed E-state index contributed by atoms with van der Waals surface area (Å²) in [6.45, 7) is 2.28. The monoisotopic (exact) mass is 272 g/mol. The molecule has 0 amide bonds. The summed E-state index contributed by atoms with van der Waals surface area (Å²) in [7, 11) is 0. The third kappa shape index (κ3) is 4.63. The van der Waals surface area contributed by atoms with Gasteiger partial charge in [0.25, 0.3) is 6.43 Å². The standard InChI is InChI=1S/C13H18F2N2O2/c1-9-2-3-11(7-17-9)19-13-6-10(4-5-16-13)18-8-12(14)15/h4-6,9,11-12,17H,2-3,7-8H2,1H3. The Bertz CT molecular complexity index is 396. The lowest BCUT2D eigenvalue weighted by atomic mass is 10.0. The normalized spacial score (nSPS) is 23.4. The van der Waals surface area contributed by atoms with Crippen molar-refractivity contribution in [1.82, 2.24) is 10.3 Å². The molecule has 19 heavy (non-hydrogen) atoms. The zero-order chi connectivity index (χ0) is 13.7. The molecule has 0 spiro atoms. The summed E-state index contributed by atoms with van der Waals surface area (Å²) in [5.41, 5.74) is 0. The van der Waals surface area contributed by atoms with Gasteiger partial charge in [0.2, 0.25) is 5.88 Å². The van der Waals surface area contributed by atoms with Crippen molar-refractivity contribution in [2.75, 3.05) is 13.2 Å². The van der Waals surface area contributed by atoms with Crippen molar-refractivity contribution >= 4 is 0 Å². The van der Waals surface area contributed by atoms with Crippen molar-refractivity contribution in [3.63, 3.8) is 0 Å². The van der Waals surface area contributed by atoms with E-state index in [4.69, 9.17) is 9.47 Å². The van der Waals surface area contributed by atoms with Crippen LogP contribution in [0.4, 0.5) is 8.78 Å². The quantitative estimate of drug-likeness (QED) is 0.892. The molecule has 1 aliphatic heterocycles. The average molecular weight is 272 g/mol. The maximum absolute atomic E-state index is 12.1. The Hall–Kier alpha value is -1.43. The van der Waals surface area contributed by atoms with E-state index in [0.29, 0.717) is 17.7 Å². The SMILES string of the molecule is CC1CCC(Oc2cc(OCC(F)F)ccn2)CN1. The fraction of sp³-hybridized carbons (Fsp3) is 0.615. The van der Waals surface area contributed by atoms with Crippen molar-refractivity contribution in [1.29, 1.82) is 0 Å². The minimum absolute atomic E-state index is 0.0639. The molecule has 1 fully saturated rings. The first-order valence-corrected chi connectivity index (χ1v) is 6.40.